The molecule has 1 saturated heterocycles. The van der Waals surface area contributed by atoms with Crippen molar-refractivity contribution in [2.75, 3.05) is 42.9 Å². The molecule has 1 aliphatic heterocycles. The second kappa shape index (κ2) is 9.87. The summed E-state index contributed by atoms with van der Waals surface area (Å²) in [4.78, 5) is 17.0. The summed E-state index contributed by atoms with van der Waals surface area (Å²) < 4.78 is 0. The lowest BCUT2D eigenvalue weighted by Gasteiger charge is -2.35. The molecule has 28 heavy (non-hydrogen) atoms. The first-order chi connectivity index (χ1) is 13.5. The van der Waals surface area contributed by atoms with E-state index in [4.69, 9.17) is 23.8 Å². The van der Waals surface area contributed by atoms with Gasteiger partial charge in [-0.1, -0.05) is 30.7 Å². The molecule has 1 amide bonds. The third-order valence-electron chi connectivity index (χ3n) is 4.84. The van der Waals surface area contributed by atoms with Crippen molar-refractivity contribution in [3.05, 3.63) is 59.1 Å². The van der Waals surface area contributed by atoms with Crippen molar-refractivity contribution in [1.29, 1.82) is 0 Å². The van der Waals surface area contributed by atoms with Crippen LogP contribution < -0.4 is 15.5 Å². The lowest BCUT2D eigenvalue weighted by Crippen LogP contribution is -2.46. The average Bonchev–Trinajstić information content (AvgIpc) is 2.70. The van der Waals surface area contributed by atoms with Crippen LogP contribution in [-0.2, 0) is 11.2 Å². The molecule has 2 aromatic carbocycles. The number of benzene rings is 2. The SMILES string of the molecule is CCN1CCN(c2ccc(NC(=S)NC(=O)Cc3ccc(Cl)cc3)cc2)CC1. The van der Waals surface area contributed by atoms with E-state index in [2.05, 4.69) is 39.5 Å². The van der Waals surface area contributed by atoms with E-state index >= 15 is 0 Å². The minimum absolute atomic E-state index is 0.162. The summed E-state index contributed by atoms with van der Waals surface area (Å²) in [7, 11) is 0. The number of amides is 1. The minimum atomic E-state index is -0.162. The predicted octanol–water partition coefficient (Wildman–Crippen LogP) is 3.54. The molecule has 0 aromatic heterocycles. The second-order valence-electron chi connectivity index (χ2n) is 6.77. The van der Waals surface area contributed by atoms with Gasteiger partial charge in [0.1, 0.15) is 0 Å². The fourth-order valence-corrected chi connectivity index (χ4v) is 3.56. The molecular formula is C21H25ClN4OS. The van der Waals surface area contributed by atoms with E-state index in [1.165, 1.54) is 5.69 Å². The number of nitrogens with one attached hydrogen (secondary N) is 2. The first-order valence-electron chi connectivity index (χ1n) is 9.46. The molecular weight excluding hydrogens is 392 g/mol. The fourth-order valence-electron chi connectivity index (χ4n) is 3.20. The van der Waals surface area contributed by atoms with Crippen molar-refractivity contribution in [1.82, 2.24) is 10.2 Å². The number of piperazine rings is 1. The standard InChI is InChI=1S/C21H25ClN4OS/c1-2-25-11-13-26(14-12-25)19-9-7-18(8-10-19)23-21(28)24-20(27)15-16-3-5-17(22)6-4-16/h3-10H,2,11-15H2,1H3,(H2,23,24,27,28). The molecule has 148 valence electrons. The van der Waals surface area contributed by atoms with E-state index in [0.29, 0.717) is 10.1 Å². The Morgan fingerprint density at radius 1 is 1.04 bits per heavy atom. The molecule has 5 nitrogen and oxygen atoms in total. The number of halogens is 1. The zero-order chi connectivity index (χ0) is 19.9. The average molecular weight is 417 g/mol. The highest BCUT2D eigenvalue weighted by Crippen LogP contribution is 2.19. The summed E-state index contributed by atoms with van der Waals surface area (Å²) in [6.07, 6.45) is 0.252. The lowest BCUT2D eigenvalue weighted by atomic mass is 10.1. The molecule has 1 heterocycles. The van der Waals surface area contributed by atoms with Crippen molar-refractivity contribution in [2.24, 2.45) is 0 Å². The van der Waals surface area contributed by atoms with Crippen LogP contribution in [0.15, 0.2) is 48.5 Å². The predicted molar refractivity (Wildman–Crippen MR) is 120 cm³/mol. The van der Waals surface area contributed by atoms with Gasteiger partial charge in [-0.2, -0.15) is 0 Å². The summed E-state index contributed by atoms with van der Waals surface area (Å²) in [5.41, 5.74) is 2.95. The number of nitrogens with zero attached hydrogens (tertiary/aromatic N) is 2. The Morgan fingerprint density at radius 2 is 1.68 bits per heavy atom. The van der Waals surface area contributed by atoms with Crippen molar-refractivity contribution in [3.8, 4) is 0 Å². The Balaban J connectivity index is 1.47. The number of likely N-dealkylation sites (N-methyl/N-ethyl adjacent to an activating group) is 1. The third kappa shape index (κ3) is 5.92. The molecule has 2 N–H and O–H groups in total. The van der Waals surface area contributed by atoms with E-state index in [9.17, 15) is 4.79 Å². The second-order valence-corrected chi connectivity index (χ2v) is 7.62. The molecule has 0 atom stereocenters. The molecule has 1 fully saturated rings. The Morgan fingerprint density at radius 3 is 2.29 bits per heavy atom. The molecule has 1 aliphatic rings. The maximum atomic E-state index is 12.1. The van der Waals surface area contributed by atoms with Crippen molar-refractivity contribution >= 4 is 46.2 Å². The first-order valence-corrected chi connectivity index (χ1v) is 10.2. The fraction of sp³-hybridized carbons (Fsp3) is 0.333. The number of hydrogen-bond acceptors (Lipinski definition) is 4. The molecule has 0 saturated carbocycles. The number of carbonyl (C=O) groups is 1. The number of anilines is 2. The summed E-state index contributed by atoms with van der Waals surface area (Å²) >= 11 is 11.1. The van der Waals surface area contributed by atoms with E-state index in [1.54, 1.807) is 12.1 Å². The van der Waals surface area contributed by atoms with Crippen LogP contribution in [0.2, 0.25) is 5.02 Å². The zero-order valence-corrected chi connectivity index (χ0v) is 17.5. The van der Waals surface area contributed by atoms with Gasteiger partial charge in [-0.3, -0.25) is 4.79 Å². The summed E-state index contributed by atoms with van der Waals surface area (Å²) in [6, 6.07) is 15.3. The molecule has 3 rings (SSSR count). The number of thiocarbonyl (C=S) groups is 1. The zero-order valence-electron chi connectivity index (χ0n) is 16.0. The van der Waals surface area contributed by atoms with E-state index in [-0.39, 0.29) is 12.3 Å². The normalized spacial score (nSPS) is 14.6. The van der Waals surface area contributed by atoms with E-state index in [1.807, 2.05) is 24.3 Å². The Labute approximate surface area is 176 Å². The van der Waals surface area contributed by atoms with Crippen LogP contribution in [0.1, 0.15) is 12.5 Å². The summed E-state index contributed by atoms with van der Waals surface area (Å²) in [6.45, 7) is 7.59. The Kier molecular flexibility index (Phi) is 7.25. The number of hydrogen-bond donors (Lipinski definition) is 2. The lowest BCUT2D eigenvalue weighted by molar-refractivity contribution is -0.119. The Bertz CT molecular complexity index is 802. The van der Waals surface area contributed by atoms with Crippen LogP contribution in [0.25, 0.3) is 0 Å². The monoisotopic (exact) mass is 416 g/mol. The van der Waals surface area contributed by atoms with Gasteiger partial charge < -0.3 is 20.4 Å². The van der Waals surface area contributed by atoms with Gasteiger partial charge in [0.15, 0.2) is 5.11 Å². The maximum Gasteiger partial charge on any atom is 0.230 e. The number of carbonyl (C=O) groups excluding carboxylic acids is 1. The summed E-state index contributed by atoms with van der Waals surface area (Å²) in [5, 5.41) is 6.72. The van der Waals surface area contributed by atoms with Crippen LogP contribution in [0.4, 0.5) is 11.4 Å². The van der Waals surface area contributed by atoms with Gasteiger partial charge in [0.25, 0.3) is 0 Å². The van der Waals surface area contributed by atoms with Gasteiger partial charge in [-0.25, -0.2) is 0 Å². The Hall–Kier alpha value is -2.15. The van der Waals surface area contributed by atoms with Crippen LogP contribution >= 0.6 is 23.8 Å². The minimum Gasteiger partial charge on any atom is -0.369 e. The van der Waals surface area contributed by atoms with Crippen LogP contribution in [0, 0.1) is 0 Å². The largest absolute Gasteiger partial charge is 0.369 e. The molecule has 0 aliphatic carbocycles. The summed E-state index contributed by atoms with van der Waals surface area (Å²) in [5.74, 6) is -0.162. The van der Waals surface area contributed by atoms with Gasteiger partial charge in [0, 0.05) is 42.6 Å². The maximum absolute atomic E-state index is 12.1. The van der Waals surface area contributed by atoms with Gasteiger partial charge in [-0.05, 0) is 60.7 Å². The van der Waals surface area contributed by atoms with Crippen molar-refractivity contribution in [3.63, 3.8) is 0 Å². The van der Waals surface area contributed by atoms with Gasteiger partial charge in [0.05, 0.1) is 6.42 Å². The van der Waals surface area contributed by atoms with Crippen molar-refractivity contribution < 1.29 is 4.79 Å². The topological polar surface area (TPSA) is 47.6 Å². The van der Waals surface area contributed by atoms with E-state index < -0.39 is 0 Å². The highest BCUT2D eigenvalue weighted by atomic mass is 35.5. The highest BCUT2D eigenvalue weighted by molar-refractivity contribution is 7.80. The van der Waals surface area contributed by atoms with E-state index in [0.717, 1.165) is 44.0 Å². The van der Waals surface area contributed by atoms with Gasteiger partial charge >= 0.3 is 0 Å². The third-order valence-corrected chi connectivity index (χ3v) is 5.30. The number of rotatable bonds is 5. The highest BCUT2D eigenvalue weighted by Gasteiger charge is 2.15. The molecule has 0 spiro atoms. The molecule has 0 bridgehead atoms. The molecule has 0 radical (unpaired) electrons. The first kappa shape index (κ1) is 20.6. The molecule has 7 heteroatoms. The van der Waals surface area contributed by atoms with Crippen molar-refractivity contribution in [2.45, 2.75) is 13.3 Å². The van der Waals surface area contributed by atoms with Crippen LogP contribution in [0.3, 0.4) is 0 Å². The molecule has 2 aromatic rings. The quantitative estimate of drug-likeness (QED) is 0.730. The van der Waals surface area contributed by atoms with Crippen LogP contribution in [-0.4, -0.2) is 48.6 Å². The van der Waals surface area contributed by atoms with Crippen LogP contribution in [0.5, 0.6) is 0 Å². The molecule has 0 unspecified atom stereocenters. The van der Waals surface area contributed by atoms with Gasteiger partial charge in [-0.15, -0.1) is 0 Å². The van der Waals surface area contributed by atoms with Gasteiger partial charge in [0.2, 0.25) is 5.91 Å². The smallest absolute Gasteiger partial charge is 0.230 e.